The minimum absolute atomic E-state index is 0.0318. The zero-order valence-corrected chi connectivity index (χ0v) is 17.4. The summed E-state index contributed by atoms with van der Waals surface area (Å²) >= 11 is 6.23. The predicted octanol–water partition coefficient (Wildman–Crippen LogP) is 2.49. The second-order valence-electron chi connectivity index (χ2n) is 6.93. The first-order chi connectivity index (χ1) is 15.4. The molecule has 5 rings (SSSR count). The van der Waals surface area contributed by atoms with E-state index in [9.17, 15) is 9.59 Å². The molecule has 158 valence electrons. The van der Waals surface area contributed by atoms with Crippen molar-refractivity contribution in [2.24, 2.45) is 4.99 Å². The minimum atomic E-state index is -0.407. The van der Waals surface area contributed by atoms with Crippen molar-refractivity contribution in [3.63, 3.8) is 0 Å². The number of aromatic nitrogens is 6. The van der Waals surface area contributed by atoms with Gasteiger partial charge in [-0.1, -0.05) is 29.8 Å². The molecule has 0 aliphatic heterocycles. The summed E-state index contributed by atoms with van der Waals surface area (Å²) in [5, 5.41) is 5.02. The Morgan fingerprint density at radius 3 is 2.69 bits per heavy atom. The third-order valence-corrected chi connectivity index (χ3v) is 5.17. The summed E-state index contributed by atoms with van der Waals surface area (Å²) in [7, 11) is 0. The third kappa shape index (κ3) is 3.13. The largest absolute Gasteiger partial charge is 0.368 e. The predicted molar refractivity (Wildman–Crippen MR) is 122 cm³/mol. The van der Waals surface area contributed by atoms with Crippen molar-refractivity contribution in [2.75, 3.05) is 5.73 Å². The van der Waals surface area contributed by atoms with Crippen LogP contribution in [0.3, 0.4) is 0 Å². The summed E-state index contributed by atoms with van der Waals surface area (Å²) in [5.41, 5.74) is 6.55. The van der Waals surface area contributed by atoms with Crippen molar-refractivity contribution in [1.82, 2.24) is 29.1 Å². The van der Waals surface area contributed by atoms with Gasteiger partial charge in [-0.3, -0.25) is 14.2 Å². The van der Waals surface area contributed by atoms with Gasteiger partial charge in [0.25, 0.3) is 11.1 Å². The van der Waals surface area contributed by atoms with Crippen molar-refractivity contribution in [3.8, 4) is 5.69 Å². The lowest BCUT2D eigenvalue weighted by Crippen LogP contribution is -2.28. The zero-order chi connectivity index (χ0) is 22.4. The van der Waals surface area contributed by atoms with Crippen LogP contribution in [0.25, 0.3) is 22.1 Å². The van der Waals surface area contributed by atoms with Gasteiger partial charge in [-0.15, -0.1) is 5.10 Å². The van der Waals surface area contributed by atoms with Crippen LogP contribution < -0.4 is 16.9 Å². The molecule has 0 unspecified atom stereocenters. The lowest BCUT2D eigenvalue weighted by molar-refractivity contribution is 0.811. The molecule has 4 heterocycles. The van der Waals surface area contributed by atoms with Crippen LogP contribution in [0.15, 0.2) is 69.4 Å². The molecular weight excluding hydrogens is 432 g/mol. The van der Waals surface area contributed by atoms with Crippen LogP contribution in [-0.4, -0.2) is 34.8 Å². The van der Waals surface area contributed by atoms with E-state index in [0.29, 0.717) is 16.9 Å². The van der Waals surface area contributed by atoms with E-state index in [-0.39, 0.29) is 39.1 Å². The number of nitrogens with zero attached hydrogens (tertiary/aromatic N) is 6. The van der Waals surface area contributed by atoms with Crippen LogP contribution in [-0.2, 0) is 0 Å². The smallest absolute Gasteiger partial charge is 0.284 e. The monoisotopic (exact) mass is 446 g/mol. The Morgan fingerprint density at radius 2 is 1.91 bits per heavy atom. The van der Waals surface area contributed by atoms with E-state index in [2.05, 4.69) is 25.0 Å². The van der Waals surface area contributed by atoms with Gasteiger partial charge in [0, 0.05) is 12.4 Å². The normalized spacial score (nSPS) is 12.0. The fraction of sp³-hybridized carbons (Fsp3) is 0.0476. The van der Waals surface area contributed by atoms with Crippen molar-refractivity contribution in [3.05, 3.63) is 86.4 Å². The molecule has 0 aliphatic carbocycles. The molecule has 0 fully saturated rings. The second-order valence-corrected chi connectivity index (χ2v) is 7.33. The third-order valence-electron chi connectivity index (χ3n) is 4.87. The molecule has 0 saturated carbocycles. The number of aromatic amines is 1. The Morgan fingerprint density at radius 1 is 1.12 bits per heavy atom. The molecule has 10 nitrogen and oxygen atoms in total. The molecule has 0 bridgehead atoms. The zero-order valence-electron chi connectivity index (χ0n) is 16.7. The number of halogens is 1. The van der Waals surface area contributed by atoms with Gasteiger partial charge in [0.2, 0.25) is 5.95 Å². The minimum Gasteiger partial charge on any atom is -0.368 e. The highest BCUT2D eigenvalue weighted by Gasteiger charge is 2.18. The van der Waals surface area contributed by atoms with E-state index >= 15 is 0 Å². The summed E-state index contributed by atoms with van der Waals surface area (Å²) in [4.78, 5) is 41.1. The van der Waals surface area contributed by atoms with Gasteiger partial charge in [-0.05, 0) is 31.2 Å². The maximum Gasteiger partial charge on any atom is 0.284 e. The first-order valence-corrected chi connectivity index (χ1v) is 9.88. The molecule has 4 aromatic heterocycles. The number of rotatable bonds is 3. The highest BCUT2D eigenvalue weighted by atomic mass is 35.5. The van der Waals surface area contributed by atoms with Crippen LogP contribution in [0.1, 0.15) is 12.7 Å². The van der Waals surface area contributed by atoms with Crippen molar-refractivity contribution >= 4 is 45.5 Å². The van der Waals surface area contributed by atoms with Crippen molar-refractivity contribution < 1.29 is 0 Å². The Kier molecular flexibility index (Phi) is 4.56. The Bertz CT molecular complexity index is 1650. The molecule has 0 atom stereocenters. The summed E-state index contributed by atoms with van der Waals surface area (Å²) in [6.07, 6.45) is 3.06. The number of anilines is 1. The first-order valence-electron chi connectivity index (χ1n) is 9.50. The second kappa shape index (κ2) is 7.43. The quantitative estimate of drug-likeness (QED) is 0.408. The number of hydrogen-bond donors (Lipinski definition) is 2. The number of aliphatic imine (C=N–C) groups is 1. The molecule has 0 aliphatic rings. The SMILES string of the molecule is CC(=Nc1nc(N)nc2cc[nH]c(=O)c12)c1nn2ccc(Cl)c2c(=O)n1-c1ccccc1. The van der Waals surface area contributed by atoms with Crippen molar-refractivity contribution in [2.45, 2.75) is 6.92 Å². The number of H-pyrrole nitrogens is 1. The summed E-state index contributed by atoms with van der Waals surface area (Å²) in [6.45, 7) is 1.67. The average molecular weight is 447 g/mol. The summed E-state index contributed by atoms with van der Waals surface area (Å²) < 4.78 is 2.81. The Balaban J connectivity index is 1.83. The molecule has 0 radical (unpaired) electrons. The van der Waals surface area contributed by atoms with E-state index in [4.69, 9.17) is 17.3 Å². The van der Waals surface area contributed by atoms with E-state index in [1.165, 1.54) is 15.3 Å². The van der Waals surface area contributed by atoms with Crippen LogP contribution in [0.4, 0.5) is 11.8 Å². The molecule has 32 heavy (non-hydrogen) atoms. The van der Waals surface area contributed by atoms with Gasteiger partial charge in [-0.2, -0.15) is 4.98 Å². The lowest BCUT2D eigenvalue weighted by Gasteiger charge is -2.13. The number of fused-ring (bicyclic) bond motifs is 2. The maximum absolute atomic E-state index is 13.4. The van der Waals surface area contributed by atoms with Gasteiger partial charge in [0.05, 0.1) is 21.9 Å². The Hall–Kier alpha value is -4.31. The number of para-hydroxylation sites is 1. The highest BCUT2D eigenvalue weighted by Crippen LogP contribution is 2.22. The van der Waals surface area contributed by atoms with Crippen LogP contribution >= 0.6 is 11.6 Å². The van der Waals surface area contributed by atoms with Crippen molar-refractivity contribution in [1.29, 1.82) is 0 Å². The van der Waals surface area contributed by atoms with Gasteiger partial charge < -0.3 is 10.7 Å². The molecule has 11 heteroatoms. The van der Waals surface area contributed by atoms with Gasteiger partial charge in [-0.25, -0.2) is 14.5 Å². The standard InChI is InChI=1S/C21H15ClN8O2/c1-11(25-17-15-14(26-21(23)27-17)7-9-24-19(15)31)18-28-29-10-8-13(22)16(29)20(32)30(18)12-5-3-2-4-6-12/h2-10H,1H3,(H,24,31)(H2,23,26,27). The highest BCUT2D eigenvalue weighted by molar-refractivity contribution is 6.33. The van der Waals surface area contributed by atoms with E-state index in [1.807, 2.05) is 6.07 Å². The number of nitrogens with two attached hydrogens (primary N) is 1. The van der Waals surface area contributed by atoms with Gasteiger partial charge in [0.1, 0.15) is 10.9 Å². The van der Waals surface area contributed by atoms with Crippen LogP contribution in [0, 0.1) is 0 Å². The molecule has 0 spiro atoms. The number of nitrogen functional groups attached to an aromatic ring is 1. The molecular formula is C21H15ClN8O2. The number of benzene rings is 1. The Labute approximate surface area is 184 Å². The molecule has 0 saturated heterocycles. The molecule has 0 amide bonds. The number of nitrogens with one attached hydrogen (secondary N) is 1. The van der Waals surface area contributed by atoms with Crippen LogP contribution in [0.2, 0.25) is 5.02 Å². The fourth-order valence-corrected chi connectivity index (χ4v) is 3.69. The fourth-order valence-electron chi connectivity index (χ4n) is 3.46. The summed E-state index contributed by atoms with van der Waals surface area (Å²) in [5.74, 6) is 0.292. The summed E-state index contributed by atoms with van der Waals surface area (Å²) in [6, 6.07) is 12.2. The van der Waals surface area contributed by atoms with E-state index in [1.54, 1.807) is 49.5 Å². The number of pyridine rings is 1. The molecule has 5 aromatic rings. The van der Waals surface area contributed by atoms with Gasteiger partial charge >= 0.3 is 0 Å². The number of hydrogen-bond acceptors (Lipinski definition) is 7. The average Bonchev–Trinajstić information content (AvgIpc) is 3.15. The van der Waals surface area contributed by atoms with E-state index < -0.39 is 5.56 Å². The van der Waals surface area contributed by atoms with Crippen LogP contribution in [0.5, 0.6) is 0 Å². The molecule has 1 aromatic carbocycles. The topological polar surface area (TPSA) is 136 Å². The lowest BCUT2D eigenvalue weighted by atomic mass is 10.2. The first kappa shape index (κ1) is 19.6. The van der Waals surface area contributed by atoms with E-state index in [0.717, 1.165) is 0 Å². The molecule has 3 N–H and O–H groups in total. The van der Waals surface area contributed by atoms with Gasteiger partial charge in [0.15, 0.2) is 11.6 Å². The maximum atomic E-state index is 13.4.